The van der Waals surface area contributed by atoms with Crippen LogP contribution in [0.5, 0.6) is 0 Å². The van der Waals surface area contributed by atoms with Crippen molar-refractivity contribution in [1.29, 1.82) is 0 Å². The average molecular weight is 250 g/mol. The first-order valence-corrected chi connectivity index (χ1v) is 6.99. The van der Waals surface area contributed by atoms with Crippen LogP contribution in [0.3, 0.4) is 0 Å². The predicted octanol–water partition coefficient (Wildman–Crippen LogP) is 3.18. The summed E-state index contributed by atoms with van der Waals surface area (Å²) in [4.78, 5) is 23.2. The SMILES string of the molecule is CCCC(=O)O[C@H]1CCCC2=CC(=O)CC[C@@]21C. The molecule has 3 heteroatoms. The maximum atomic E-state index is 11.7. The summed E-state index contributed by atoms with van der Waals surface area (Å²) in [6, 6.07) is 0. The van der Waals surface area contributed by atoms with Crippen molar-refractivity contribution in [3.05, 3.63) is 11.6 Å². The minimum Gasteiger partial charge on any atom is -0.461 e. The zero-order chi connectivity index (χ0) is 13.2. The largest absolute Gasteiger partial charge is 0.461 e. The van der Waals surface area contributed by atoms with Crippen LogP contribution in [0, 0.1) is 5.41 Å². The highest BCUT2D eigenvalue weighted by Crippen LogP contribution is 2.47. The molecule has 0 N–H and O–H groups in total. The Bertz CT molecular complexity index is 383. The number of esters is 1. The van der Waals surface area contributed by atoms with E-state index < -0.39 is 0 Å². The molecule has 0 radical (unpaired) electrons. The zero-order valence-corrected chi connectivity index (χ0v) is 11.3. The monoisotopic (exact) mass is 250 g/mol. The van der Waals surface area contributed by atoms with Crippen LogP contribution in [0.15, 0.2) is 11.6 Å². The molecule has 2 aliphatic carbocycles. The van der Waals surface area contributed by atoms with Gasteiger partial charge in [0.2, 0.25) is 0 Å². The molecule has 100 valence electrons. The topological polar surface area (TPSA) is 43.4 Å². The number of hydrogen-bond donors (Lipinski definition) is 0. The Balaban J connectivity index is 2.14. The van der Waals surface area contributed by atoms with Gasteiger partial charge in [-0.3, -0.25) is 9.59 Å². The van der Waals surface area contributed by atoms with Gasteiger partial charge in [0.25, 0.3) is 0 Å². The summed E-state index contributed by atoms with van der Waals surface area (Å²) < 4.78 is 5.65. The van der Waals surface area contributed by atoms with Crippen LogP contribution in [0.25, 0.3) is 0 Å². The molecule has 0 unspecified atom stereocenters. The fraction of sp³-hybridized carbons (Fsp3) is 0.733. The fourth-order valence-electron chi connectivity index (χ4n) is 3.11. The Morgan fingerprint density at radius 2 is 2.28 bits per heavy atom. The fourth-order valence-corrected chi connectivity index (χ4v) is 3.11. The van der Waals surface area contributed by atoms with E-state index in [1.807, 2.05) is 6.92 Å². The molecule has 1 saturated carbocycles. The second-order valence-corrected chi connectivity index (χ2v) is 5.67. The second-order valence-electron chi connectivity index (χ2n) is 5.67. The number of ketones is 1. The second kappa shape index (κ2) is 5.25. The normalized spacial score (nSPS) is 31.6. The quantitative estimate of drug-likeness (QED) is 0.722. The summed E-state index contributed by atoms with van der Waals surface area (Å²) in [6.45, 7) is 4.13. The third-order valence-corrected chi connectivity index (χ3v) is 4.31. The van der Waals surface area contributed by atoms with Crippen molar-refractivity contribution in [2.45, 2.75) is 64.9 Å². The van der Waals surface area contributed by atoms with E-state index >= 15 is 0 Å². The molecule has 0 amide bonds. The van der Waals surface area contributed by atoms with Crippen molar-refractivity contribution in [3.63, 3.8) is 0 Å². The maximum Gasteiger partial charge on any atom is 0.306 e. The molecule has 0 aliphatic heterocycles. The Hall–Kier alpha value is -1.12. The van der Waals surface area contributed by atoms with Crippen molar-refractivity contribution in [2.75, 3.05) is 0 Å². The van der Waals surface area contributed by atoms with Gasteiger partial charge in [0, 0.05) is 18.3 Å². The van der Waals surface area contributed by atoms with Gasteiger partial charge in [-0.2, -0.15) is 0 Å². The summed E-state index contributed by atoms with van der Waals surface area (Å²) >= 11 is 0. The number of fused-ring (bicyclic) bond motifs is 1. The van der Waals surface area contributed by atoms with Crippen LogP contribution >= 0.6 is 0 Å². The number of hydrogen-bond acceptors (Lipinski definition) is 3. The Morgan fingerprint density at radius 3 is 3.00 bits per heavy atom. The smallest absolute Gasteiger partial charge is 0.306 e. The lowest BCUT2D eigenvalue weighted by Gasteiger charge is -2.44. The van der Waals surface area contributed by atoms with Crippen LogP contribution in [-0.2, 0) is 14.3 Å². The van der Waals surface area contributed by atoms with E-state index in [4.69, 9.17) is 4.74 Å². The summed E-state index contributed by atoms with van der Waals surface area (Å²) in [5.74, 6) is 0.130. The molecule has 2 rings (SSSR count). The number of ether oxygens (including phenoxy) is 1. The van der Waals surface area contributed by atoms with Crippen molar-refractivity contribution in [1.82, 2.24) is 0 Å². The summed E-state index contributed by atoms with van der Waals surface area (Å²) in [7, 11) is 0. The lowest BCUT2D eigenvalue weighted by atomic mass is 9.64. The average Bonchev–Trinajstić information content (AvgIpc) is 2.32. The number of rotatable bonds is 3. The lowest BCUT2D eigenvalue weighted by molar-refractivity contribution is -0.156. The van der Waals surface area contributed by atoms with Gasteiger partial charge in [-0.15, -0.1) is 0 Å². The minimum atomic E-state index is -0.102. The van der Waals surface area contributed by atoms with E-state index in [1.165, 1.54) is 5.57 Å². The molecule has 3 nitrogen and oxygen atoms in total. The summed E-state index contributed by atoms with van der Waals surface area (Å²) in [5, 5.41) is 0. The number of allylic oxidation sites excluding steroid dienone is 1. The highest BCUT2D eigenvalue weighted by molar-refractivity contribution is 5.91. The third-order valence-electron chi connectivity index (χ3n) is 4.31. The Labute approximate surface area is 109 Å². The van der Waals surface area contributed by atoms with E-state index in [0.29, 0.717) is 12.8 Å². The first-order valence-electron chi connectivity index (χ1n) is 6.99. The first-order chi connectivity index (χ1) is 8.56. The van der Waals surface area contributed by atoms with E-state index in [0.717, 1.165) is 32.1 Å². The van der Waals surface area contributed by atoms with E-state index in [2.05, 4.69) is 6.92 Å². The van der Waals surface area contributed by atoms with Gasteiger partial charge >= 0.3 is 5.97 Å². The number of carbonyl (C=O) groups excluding carboxylic acids is 2. The lowest BCUT2D eigenvalue weighted by Crippen LogP contribution is -2.43. The van der Waals surface area contributed by atoms with Gasteiger partial charge < -0.3 is 4.74 Å². The molecule has 0 spiro atoms. The van der Waals surface area contributed by atoms with Crippen LogP contribution in [-0.4, -0.2) is 17.9 Å². The van der Waals surface area contributed by atoms with E-state index in [-0.39, 0.29) is 23.3 Å². The molecule has 18 heavy (non-hydrogen) atoms. The molecule has 0 aromatic heterocycles. The zero-order valence-electron chi connectivity index (χ0n) is 11.3. The molecular formula is C15H22O3. The van der Waals surface area contributed by atoms with Crippen molar-refractivity contribution < 1.29 is 14.3 Å². The Morgan fingerprint density at radius 1 is 1.50 bits per heavy atom. The minimum absolute atomic E-state index is 0.0374. The van der Waals surface area contributed by atoms with Gasteiger partial charge in [0.15, 0.2) is 5.78 Å². The van der Waals surface area contributed by atoms with Gasteiger partial charge in [-0.05, 0) is 38.2 Å². The van der Waals surface area contributed by atoms with Crippen LogP contribution in [0.4, 0.5) is 0 Å². The van der Waals surface area contributed by atoms with Crippen molar-refractivity contribution in [2.24, 2.45) is 5.41 Å². The highest BCUT2D eigenvalue weighted by atomic mass is 16.5. The molecule has 0 aromatic carbocycles. The van der Waals surface area contributed by atoms with Crippen LogP contribution < -0.4 is 0 Å². The highest BCUT2D eigenvalue weighted by Gasteiger charge is 2.44. The third kappa shape index (κ3) is 2.50. The molecule has 2 aliphatic rings. The van der Waals surface area contributed by atoms with Gasteiger partial charge in [0.1, 0.15) is 6.10 Å². The Kier molecular flexibility index (Phi) is 3.88. The van der Waals surface area contributed by atoms with E-state index in [9.17, 15) is 9.59 Å². The van der Waals surface area contributed by atoms with Gasteiger partial charge in [-0.25, -0.2) is 0 Å². The maximum absolute atomic E-state index is 11.7. The summed E-state index contributed by atoms with van der Waals surface area (Å²) in [5.41, 5.74) is 1.09. The van der Waals surface area contributed by atoms with Crippen molar-refractivity contribution >= 4 is 11.8 Å². The molecule has 0 bridgehead atoms. The molecule has 0 heterocycles. The molecule has 0 aromatic rings. The van der Waals surface area contributed by atoms with Crippen LogP contribution in [0.2, 0.25) is 0 Å². The number of carbonyl (C=O) groups is 2. The van der Waals surface area contributed by atoms with Gasteiger partial charge in [-0.1, -0.05) is 19.4 Å². The molecule has 1 fully saturated rings. The standard InChI is InChI=1S/C15H22O3/c1-3-5-14(17)18-13-7-4-6-11-10-12(16)8-9-15(11,13)2/h10,13H,3-9H2,1-2H3/t13-,15-/m0/s1. The molecular weight excluding hydrogens is 228 g/mol. The first kappa shape index (κ1) is 13.3. The summed E-state index contributed by atoms with van der Waals surface area (Å²) in [6.07, 6.45) is 7.39. The predicted molar refractivity (Wildman–Crippen MR) is 69.1 cm³/mol. The van der Waals surface area contributed by atoms with Gasteiger partial charge in [0.05, 0.1) is 0 Å². The van der Waals surface area contributed by atoms with E-state index in [1.54, 1.807) is 6.08 Å². The van der Waals surface area contributed by atoms with Crippen LogP contribution in [0.1, 0.15) is 58.8 Å². The van der Waals surface area contributed by atoms with Crippen molar-refractivity contribution in [3.8, 4) is 0 Å². The molecule has 0 saturated heterocycles. The molecule has 2 atom stereocenters.